The van der Waals surface area contributed by atoms with Crippen LogP contribution >= 0.6 is 11.6 Å². The van der Waals surface area contributed by atoms with E-state index in [-0.39, 0.29) is 10.9 Å². The van der Waals surface area contributed by atoms with Crippen molar-refractivity contribution >= 4 is 21.6 Å². The van der Waals surface area contributed by atoms with Crippen LogP contribution < -0.4 is 4.72 Å². The maximum atomic E-state index is 12.3. The molecule has 0 amide bonds. The number of benzene rings is 1. The first-order chi connectivity index (χ1) is 8.40. The number of hydrogen-bond acceptors (Lipinski definition) is 2. The molecule has 0 spiro atoms. The Bertz CT molecular complexity index is 542. The Morgan fingerprint density at radius 3 is 2.67 bits per heavy atom. The Kier molecular flexibility index (Phi) is 3.99. The lowest BCUT2D eigenvalue weighted by Gasteiger charge is -2.15. The zero-order valence-corrected chi connectivity index (χ0v) is 12.2. The van der Waals surface area contributed by atoms with E-state index in [1.54, 1.807) is 25.1 Å². The molecule has 3 nitrogen and oxygen atoms in total. The summed E-state index contributed by atoms with van der Waals surface area (Å²) in [6, 6.07) is 5.03. The topological polar surface area (TPSA) is 46.2 Å². The minimum absolute atomic E-state index is 0.0587. The second-order valence-corrected chi connectivity index (χ2v) is 7.19. The van der Waals surface area contributed by atoms with Gasteiger partial charge in [-0.1, -0.05) is 24.6 Å². The highest BCUT2D eigenvalue weighted by atomic mass is 35.5. The Balaban J connectivity index is 2.23. The molecular formula is C13H18ClNO2S. The zero-order chi connectivity index (χ0) is 13.3. The minimum Gasteiger partial charge on any atom is -0.208 e. The van der Waals surface area contributed by atoms with E-state index in [1.807, 2.05) is 0 Å². The average Bonchev–Trinajstić information content (AvgIpc) is 2.67. The largest absolute Gasteiger partial charge is 0.241 e. The van der Waals surface area contributed by atoms with Gasteiger partial charge in [0.15, 0.2) is 0 Å². The summed E-state index contributed by atoms with van der Waals surface area (Å²) in [5.41, 5.74) is 0.609. The van der Waals surface area contributed by atoms with Crippen LogP contribution in [0.25, 0.3) is 0 Å². The van der Waals surface area contributed by atoms with Crippen LogP contribution in [0.4, 0.5) is 0 Å². The first-order valence-corrected chi connectivity index (χ1v) is 8.03. The van der Waals surface area contributed by atoms with Gasteiger partial charge in [0, 0.05) is 11.1 Å². The molecule has 1 aliphatic rings. The fraction of sp³-hybridized carbons (Fsp3) is 0.538. The summed E-state index contributed by atoms with van der Waals surface area (Å²) in [7, 11) is -3.45. The van der Waals surface area contributed by atoms with Gasteiger partial charge in [-0.3, -0.25) is 0 Å². The highest BCUT2D eigenvalue weighted by Gasteiger charge is 2.27. The Morgan fingerprint density at radius 1 is 1.33 bits per heavy atom. The summed E-state index contributed by atoms with van der Waals surface area (Å²) >= 11 is 5.97. The van der Waals surface area contributed by atoms with Crippen molar-refractivity contribution < 1.29 is 8.42 Å². The molecule has 2 unspecified atom stereocenters. The van der Waals surface area contributed by atoms with Crippen LogP contribution in [-0.2, 0) is 10.0 Å². The smallest absolute Gasteiger partial charge is 0.208 e. The summed E-state index contributed by atoms with van der Waals surface area (Å²) in [6.07, 6.45) is 2.92. The van der Waals surface area contributed by atoms with Gasteiger partial charge in [0.2, 0.25) is 10.0 Å². The van der Waals surface area contributed by atoms with Crippen LogP contribution in [0.3, 0.4) is 0 Å². The molecule has 0 aromatic heterocycles. The standard InChI is InChI=1S/C13H18ClNO2S/c1-9-6-7-11(8-9)15-18(16,17)13-5-3-4-12(14)10(13)2/h3-5,9,11,15H,6-8H2,1-2H3. The van der Waals surface area contributed by atoms with Crippen LogP contribution in [-0.4, -0.2) is 14.5 Å². The van der Waals surface area contributed by atoms with E-state index < -0.39 is 10.0 Å². The monoisotopic (exact) mass is 287 g/mol. The lowest BCUT2D eigenvalue weighted by Crippen LogP contribution is -2.33. The predicted octanol–water partition coefficient (Wildman–Crippen LogP) is 3.12. The van der Waals surface area contributed by atoms with Gasteiger partial charge in [0.1, 0.15) is 0 Å². The molecule has 1 aliphatic carbocycles. The van der Waals surface area contributed by atoms with Crippen molar-refractivity contribution in [2.45, 2.75) is 44.0 Å². The molecule has 100 valence electrons. The molecule has 0 heterocycles. The molecule has 2 rings (SSSR count). The Labute approximate surface area is 114 Å². The van der Waals surface area contributed by atoms with Crippen molar-refractivity contribution in [1.29, 1.82) is 0 Å². The van der Waals surface area contributed by atoms with E-state index in [1.165, 1.54) is 0 Å². The van der Waals surface area contributed by atoms with Gasteiger partial charge in [0.25, 0.3) is 0 Å². The number of sulfonamides is 1. The van der Waals surface area contributed by atoms with Crippen molar-refractivity contribution in [2.75, 3.05) is 0 Å². The Morgan fingerprint density at radius 2 is 2.06 bits per heavy atom. The third-order valence-electron chi connectivity index (χ3n) is 3.52. The van der Waals surface area contributed by atoms with Crippen molar-refractivity contribution in [1.82, 2.24) is 4.72 Å². The molecule has 0 bridgehead atoms. The summed E-state index contributed by atoms with van der Waals surface area (Å²) in [5, 5.41) is 0.484. The number of hydrogen-bond donors (Lipinski definition) is 1. The zero-order valence-electron chi connectivity index (χ0n) is 10.6. The molecule has 0 saturated heterocycles. The van der Waals surface area contributed by atoms with Crippen LogP contribution in [0.2, 0.25) is 5.02 Å². The quantitative estimate of drug-likeness (QED) is 0.928. The molecule has 0 aliphatic heterocycles. The van der Waals surface area contributed by atoms with E-state index in [0.717, 1.165) is 19.3 Å². The van der Waals surface area contributed by atoms with E-state index in [4.69, 9.17) is 11.6 Å². The fourth-order valence-electron chi connectivity index (χ4n) is 2.48. The van der Waals surface area contributed by atoms with E-state index in [0.29, 0.717) is 16.5 Å². The van der Waals surface area contributed by atoms with Gasteiger partial charge in [0.05, 0.1) is 4.90 Å². The molecule has 1 saturated carbocycles. The second kappa shape index (κ2) is 5.19. The first-order valence-electron chi connectivity index (χ1n) is 6.17. The van der Waals surface area contributed by atoms with E-state index in [9.17, 15) is 8.42 Å². The highest BCUT2D eigenvalue weighted by Crippen LogP contribution is 2.27. The predicted molar refractivity (Wildman–Crippen MR) is 73.3 cm³/mol. The van der Waals surface area contributed by atoms with Gasteiger partial charge in [-0.25, -0.2) is 13.1 Å². The van der Waals surface area contributed by atoms with Crippen molar-refractivity contribution in [3.63, 3.8) is 0 Å². The van der Waals surface area contributed by atoms with Gasteiger partial charge in [-0.2, -0.15) is 0 Å². The SMILES string of the molecule is Cc1c(Cl)cccc1S(=O)(=O)NC1CCC(C)C1. The first kappa shape index (κ1) is 13.8. The van der Waals surface area contributed by atoms with Gasteiger partial charge >= 0.3 is 0 Å². The molecule has 1 aromatic carbocycles. The number of nitrogens with one attached hydrogen (secondary N) is 1. The van der Waals surface area contributed by atoms with Crippen molar-refractivity contribution in [2.24, 2.45) is 5.92 Å². The van der Waals surface area contributed by atoms with Crippen molar-refractivity contribution in [3.05, 3.63) is 28.8 Å². The van der Waals surface area contributed by atoms with Crippen LogP contribution in [0.1, 0.15) is 31.7 Å². The normalized spacial score (nSPS) is 24.4. The van der Waals surface area contributed by atoms with E-state index in [2.05, 4.69) is 11.6 Å². The molecule has 5 heteroatoms. The van der Waals surface area contributed by atoms with Crippen LogP contribution in [0.15, 0.2) is 23.1 Å². The summed E-state index contributed by atoms with van der Waals surface area (Å²) in [6.45, 7) is 3.88. The fourth-order valence-corrected chi connectivity index (χ4v) is 4.26. The van der Waals surface area contributed by atoms with Crippen LogP contribution in [0, 0.1) is 12.8 Å². The second-order valence-electron chi connectivity index (χ2n) is 5.10. The maximum absolute atomic E-state index is 12.3. The molecule has 1 fully saturated rings. The summed E-state index contributed by atoms with van der Waals surface area (Å²) in [4.78, 5) is 0.287. The molecule has 1 N–H and O–H groups in total. The van der Waals surface area contributed by atoms with E-state index >= 15 is 0 Å². The maximum Gasteiger partial charge on any atom is 0.241 e. The number of rotatable bonds is 3. The molecule has 2 atom stereocenters. The molecular weight excluding hydrogens is 270 g/mol. The summed E-state index contributed by atoms with van der Waals surface area (Å²) < 4.78 is 27.4. The average molecular weight is 288 g/mol. The van der Waals surface area contributed by atoms with Crippen LogP contribution in [0.5, 0.6) is 0 Å². The molecule has 18 heavy (non-hydrogen) atoms. The molecule has 0 radical (unpaired) electrons. The van der Waals surface area contributed by atoms with Gasteiger partial charge < -0.3 is 0 Å². The lowest BCUT2D eigenvalue weighted by atomic mass is 10.1. The molecule has 1 aromatic rings. The number of halogens is 1. The minimum atomic E-state index is -3.45. The third-order valence-corrected chi connectivity index (χ3v) is 5.60. The lowest BCUT2D eigenvalue weighted by molar-refractivity contribution is 0.538. The Hall–Kier alpha value is -0.580. The summed E-state index contributed by atoms with van der Waals surface area (Å²) in [5.74, 6) is 0.596. The third kappa shape index (κ3) is 2.87. The van der Waals surface area contributed by atoms with Crippen molar-refractivity contribution in [3.8, 4) is 0 Å². The highest BCUT2D eigenvalue weighted by molar-refractivity contribution is 7.89. The van der Waals surface area contributed by atoms with Gasteiger partial charge in [-0.05, 0) is 49.8 Å². The van der Waals surface area contributed by atoms with Gasteiger partial charge in [-0.15, -0.1) is 0 Å².